The summed E-state index contributed by atoms with van der Waals surface area (Å²) < 4.78 is 2.66. The number of aromatic nitrogens is 1. The van der Waals surface area contributed by atoms with Gasteiger partial charge in [-0.1, -0.05) is 30.3 Å². The van der Waals surface area contributed by atoms with Crippen LogP contribution in [0.25, 0.3) is 21.0 Å². The Kier molecular flexibility index (Phi) is 5.01. The number of hydrogen-bond acceptors (Lipinski definition) is 3. The SMILES string of the molecule is CCN(C(=O)c1cc2c(=O)n(CC)c3ccccc3c2s1)c1cc(C)ccc1C. The maximum Gasteiger partial charge on any atom is 0.268 e. The van der Waals surface area contributed by atoms with E-state index in [2.05, 4.69) is 6.07 Å². The van der Waals surface area contributed by atoms with Gasteiger partial charge >= 0.3 is 0 Å². The summed E-state index contributed by atoms with van der Waals surface area (Å²) in [6.07, 6.45) is 0. The molecule has 0 saturated heterocycles. The number of nitrogens with zero attached hydrogens (tertiary/aromatic N) is 2. The molecule has 148 valence electrons. The molecule has 4 nitrogen and oxygen atoms in total. The van der Waals surface area contributed by atoms with Gasteiger partial charge in [-0.25, -0.2) is 0 Å². The van der Waals surface area contributed by atoms with Crippen LogP contribution in [0.2, 0.25) is 0 Å². The number of carbonyl (C=O) groups is 1. The standard InChI is InChI=1S/C24H24N2O2S/c1-5-25-19-10-8-7-9-17(19)22-18(23(25)27)14-21(29-22)24(28)26(6-2)20-13-15(3)11-12-16(20)4/h7-14H,5-6H2,1-4H3. The molecule has 29 heavy (non-hydrogen) atoms. The van der Waals surface area contributed by atoms with Gasteiger partial charge in [0.2, 0.25) is 0 Å². The lowest BCUT2D eigenvalue weighted by atomic mass is 10.1. The van der Waals surface area contributed by atoms with Gasteiger partial charge in [0.1, 0.15) is 0 Å². The average molecular weight is 405 g/mol. The molecule has 0 fully saturated rings. The second kappa shape index (κ2) is 7.48. The van der Waals surface area contributed by atoms with Crippen molar-refractivity contribution in [3.63, 3.8) is 0 Å². The zero-order valence-electron chi connectivity index (χ0n) is 17.2. The van der Waals surface area contributed by atoms with Gasteiger partial charge in [-0.15, -0.1) is 11.3 Å². The highest BCUT2D eigenvalue weighted by Gasteiger charge is 2.22. The summed E-state index contributed by atoms with van der Waals surface area (Å²) in [5.74, 6) is -0.0612. The van der Waals surface area contributed by atoms with Gasteiger partial charge in [0.05, 0.1) is 15.8 Å². The molecule has 1 amide bonds. The highest BCUT2D eigenvalue weighted by atomic mass is 32.1. The lowest BCUT2D eigenvalue weighted by molar-refractivity contribution is 0.0992. The Hall–Kier alpha value is -2.92. The predicted octanol–water partition coefficient (Wildman–Crippen LogP) is 5.52. The van der Waals surface area contributed by atoms with Gasteiger partial charge in [-0.3, -0.25) is 9.59 Å². The van der Waals surface area contributed by atoms with Crippen LogP contribution >= 0.6 is 11.3 Å². The van der Waals surface area contributed by atoms with Gasteiger partial charge in [0.15, 0.2) is 0 Å². The largest absolute Gasteiger partial charge is 0.308 e. The van der Waals surface area contributed by atoms with E-state index in [9.17, 15) is 9.59 Å². The van der Waals surface area contributed by atoms with E-state index in [4.69, 9.17) is 0 Å². The number of fused-ring (bicyclic) bond motifs is 3. The molecule has 4 aromatic rings. The summed E-state index contributed by atoms with van der Waals surface area (Å²) >= 11 is 1.41. The molecule has 0 bridgehead atoms. The molecule has 0 unspecified atom stereocenters. The first-order valence-electron chi connectivity index (χ1n) is 9.90. The molecule has 2 heterocycles. The van der Waals surface area contributed by atoms with E-state index in [1.807, 2.05) is 64.1 Å². The summed E-state index contributed by atoms with van der Waals surface area (Å²) in [4.78, 5) is 28.9. The third kappa shape index (κ3) is 3.15. The fraction of sp³-hybridized carbons (Fsp3) is 0.250. The Morgan fingerprint density at radius 3 is 2.52 bits per heavy atom. The Balaban J connectivity index is 1.91. The summed E-state index contributed by atoms with van der Waals surface area (Å²) in [5, 5.41) is 1.64. The van der Waals surface area contributed by atoms with Crippen molar-refractivity contribution in [3.05, 3.63) is 74.9 Å². The van der Waals surface area contributed by atoms with Crippen molar-refractivity contribution in [2.45, 2.75) is 34.2 Å². The predicted molar refractivity (Wildman–Crippen MR) is 123 cm³/mol. The molecule has 0 spiro atoms. The maximum atomic E-state index is 13.4. The van der Waals surface area contributed by atoms with E-state index in [1.165, 1.54) is 11.3 Å². The number of carbonyl (C=O) groups excluding carboxylic acids is 1. The number of rotatable bonds is 4. The zero-order chi connectivity index (χ0) is 20.7. The molecule has 0 radical (unpaired) electrons. The summed E-state index contributed by atoms with van der Waals surface area (Å²) in [5.41, 5.74) is 3.98. The average Bonchev–Trinajstić information content (AvgIpc) is 3.17. The minimum absolute atomic E-state index is 0.0358. The van der Waals surface area contributed by atoms with Gasteiger partial charge in [0.25, 0.3) is 11.5 Å². The third-order valence-electron chi connectivity index (χ3n) is 5.39. The normalized spacial score (nSPS) is 11.3. The lowest BCUT2D eigenvalue weighted by Gasteiger charge is -2.22. The molecule has 0 atom stereocenters. The summed E-state index contributed by atoms with van der Waals surface area (Å²) in [6, 6.07) is 15.8. The topological polar surface area (TPSA) is 42.3 Å². The minimum Gasteiger partial charge on any atom is -0.308 e. The molecule has 0 aliphatic carbocycles. The first-order chi connectivity index (χ1) is 14.0. The Morgan fingerprint density at radius 2 is 1.79 bits per heavy atom. The smallest absolute Gasteiger partial charge is 0.268 e. The van der Waals surface area contributed by atoms with E-state index in [1.54, 1.807) is 15.5 Å². The van der Waals surface area contributed by atoms with Gasteiger partial charge in [0, 0.05) is 28.9 Å². The Bertz CT molecular complexity index is 1300. The summed E-state index contributed by atoms with van der Waals surface area (Å²) in [6.45, 7) is 9.16. The fourth-order valence-corrected chi connectivity index (χ4v) is 5.02. The van der Waals surface area contributed by atoms with Gasteiger partial charge in [-0.05, 0) is 57.0 Å². The molecule has 4 rings (SSSR count). The molecule has 2 aromatic carbocycles. The van der Waals surface area contributed by atoms with E-state index in [-0.39, 0.29) is 11.5 Å². The van der Waals surface area contributed by atoms with Crippen molar-refractivity contribution in [2.75, 3.05) is 11.4 Å². The molecule has 0 aliphatic rings. The third-order valence-corrected chi connectivity index (χ3v) is 6.55. The van der Waals surface area contributed by atoms with Crippen LogP contribution in [-0.2, 0) is 6.54 Å². The molecule has 0 saturated carbocycles. The Labute approximate surface area is 174 Å². The molecular formula is C24H24N2O2S. The van der Waals surface area contributed by atoms with Crippen LogP contribution in [0.3, 0.4) is 0 Å². The van der Waals surface area contributed by atoms with Crippen LogP contribution < -0.4 is 10.5 Å². The van der Waals surface area contributed by atoms with Gasteiger partial charge in [-0.2, -0.15) is 0 Å². The van der Waals surface area contributed by atoms with E-state index < -0.39 is 0 Å². The first-order valence-corrected chi connectivity index (χ1v) is 10.7. The molecule has 2 aromatic heterocycles. The van der Waals surface area contributed by atoms with Crippen LogP contribution in [0.4, 0.5) is 5.69 Å². The van der Waals surface area contributed by atoms with Crippen LogP contribution in [0.5, 0.6) is 0 Å². The lowest BCUT2D eigenvalue weighted by Crippen LogP contribution is -2.30. The Morgan fingerprint density at radius 1 is 1.03 bits per heavy atom. The van der Waals surface area contributed by atoms with Crippen molar-refractivity contribution in [3.8, 4) is 0 Å². The molecule has 0 aliphatic heterocycles. The van der Waals surface area contributed by atoms with E-state index in [0.717, 1.165) is 32.4 Å². The fourth-order valence-electron chi connectivity index (χ4n) is 3.89. The van der Waals surface area contributed by atoms with E-state index >= 15 is 0 Å². The number of amides is 1. The van der Waals surface area contributed by atoms with Crippen LogP contribution in [0.15, 0.2) is 53.3 Å². The van der Waals surface area contributed by atoms with Gasteiger partial charge < -0.3 is 9.47 Å². The molecular weight excluding hydrogens is 380 g/mol. The second-order valence-corrected chi connectivity index (χ2v) is 8.31. The van der Waals surface area contributed by atoms with Crippen molar-refractivity contribution in [2.24, 2.45) is 0 Å². The van der Waals surface area contributed by atoms with Crippen molar-refractivity contribution >= 4 is 43.9 Å². The monoisotopic (exact) mass is 404 g/mol. The number of aryl methyl sites for hydroxylation is 3. The van der Waals surface area contributed by atoms with E-state index in [0.29, 0.717) is 23.4 Å². The number of para-hydroxylation sites is 1. The zero-order valence-corrected chi connectivity index (χ0v) is 18.0. The van der Waals surface area contributed by atoms with Crippen molar-refractivity contribution in [1.29, 1.82) is 0 Å². The van der Waals surface area contributed by atoms with Crippen molar-refractivity contribution < 1.29 is 4.79 Å². The van der Waals surface area contributed by atoms with Crippen LogP contribution in [-0.4, -0.2) is 17.0 Å². The van der Waals surface area contributed by atoms with Crippen LogP contribution in [0, 0.1) is 13.8 Å². The number of benzene rings is 2. The minimum atomic E-state index is -0.0612. The number of thiophene rings is 1. The number of hydrogen-bond donors (Lipinski definition) is 0. The highest BCUT2D eigenvalue weighted by molar-refractivity contribution is 7.21. The summed E-state index contributed by atoms with van der Waals surface area (Å²) in [7, 11) is 0. The molecule has 0 N–H and O–H groups in total. The quantitative estimate of drug-likeness (QED) is 0.449. The first kappa shape index (κ1) is 19.4. The highest BCUT2D eigenvalue weighted by Crippen LogP contribution is 2.32. The molecule has 5 heteroatoms. The van der Waals surface area contributed by atoms with Crippen LogP contribution in [0.1, 0.15) is 34.6 Å². The van der Waals surface area contributed by atoms with Crippen molar-refractivity contribution in [1.82, 2.24) is 4.57 Å². The number of anilines is 1. The maximum absolute atomic E-state index is 13.4. The number of pyridine rings is 1. The second-order valence-electron chi connectivity index (χ2n) is 7.26.